The molecule has 0 aliphatic rings. The van der Waals surface area contributed by atoms with E-state index in [1.807, 2.05) is 48.5 Å². The Hall–Kier alpha value is -2.79. The summed E-state index contributed by atoms with van der Waals surface area (Å²) in [6.07, 6.45) is 0. The fraction of sp³-hybridized carbons (Fsp3) is 0.286. The summed E-state index contributed by atoms with van der Waals surface area (Å²) in [6, 6.07) is 18.1. The Bertz CT molecular complexity index is 830. The minimum atomic E-state index is 0.699. The van der Waals surface area contributed by atoms with Crippen molar-refractivity contribution >= 4 is 0 Å². The number of aromatic nitrogens is 1. The normalized spacial score (nSPS) is 10.9. The standard InChI is InChI=1S/C21H24N2O3/c1-4-23(14-16-10-11-20(24-2)21(12-16)25-3)15-18-13-19(22-26-18)17-8-6-5-7-9-17/h5-13H,4,14-15H2,1-3H3. The molecule has 0 bridgehead atoms. The maximum atomic E-state index is 5.53. The molecule has 0 unspecified atom stereocenters. The third kappa shape index (κ3) is 4.24. The van der Waals surface area contributed by atoms with Gasteiger partial charge in [-0.25, -0.2) is 0 Å². The van der Waals surface area contributed by atoms with E-state index in [-0.39, 0.29) is 0 Å². The smallest absolute Gasteiger partial charge is 0.161 e. The first kappa shape index (κ1) is 18.0. The largest absolute Gasteiger partial charge is 0.493 e. The number of hydrogen-bond donors (Lipinski definition) is 0. The molecule has 0 fully saturated rings. The van der Waals surface area contributed by atoms with Crippen LogP contribution in [0.25, 0.3) is 11.3 Å². The van der Waals surface area contributed by atoms with Crippen LogP contribution in [-0.2, 0) is 13.1 Å². The van der Waals surface area contributed by atoms with Crippen molar-refractivity contribution in [1.82, 2.24) is 10.1 Å². The zero-order chi connectivity index (χ0) is 18.4. The Morgan fingerprint density at radius 3 is 2.38 bits per heavy atom. The van der Waals surface area contributed by atoms with Crippen LogP contribution in [0.3, 0.4) is 0 Å². The fourth-order valence-corrected chi connectivity index (χ4v) is 2.87. The molecule has 3 rings (SSSR count). The van der Waals surface area contributed by atoms with E-state index in [0.29, 0.717) is 6.54 Å². The predicted molar refractivity (Wildman–Crippen MR) is 101 cm³/mol. The Morgan fingerprint density at radius 2 is 1.69 bits per heavy atom. The first-order valence-corrected chi connectivity index (χ1v) is 8.67. The summed E-state index contributed by atoms with van der Waals surface area (Å²) >= 11 is 0. The van der Waals surface area contributed by atoms with Gasteiger partial charge in [-0.1, -0.05) is 48.5 Å². The van der Waals surface area contributed by atoms with Gasteiger partial charge in [0, 0.05) is 18.2 Å². The van der Waals surface area contributed by atoms with Crippen molar-refractivity contribution in [3.63, 3.8) is 0 Å². The Kier molecular flexibility index (Phi) is 5.92. The second kappa shape index (κ2) is 8.54. The Balaban J connectivity index is 1.69. The lowest BCUT2D eigenvalue weighted by molar-refractivity contribution is 0.233. The highest BCUT2D eigenvalue weighted by atomic mass is 16.5. The van der Waals surface area contributed by atoms with Crippen LogP contribution in [0.15, 0.2) is 59.1 Å². The zero-order valence-electron chi connectivity index (χ0n) is 15.4. The quantitative estimate of drug-likeness (QED) is 0.602. The van der Waals surface area contributed by atoms with E-state index < -0.39 is 0 Å². The Labute approximate surface area is 154 Å². The summed E-state index contributed by atoms with van der Waals surface area (Å²) in [4.78, 5) is 2.29. The minimum Gasteiger partial charge on any atom is -0.493 e. The molecule has 3 aromatic rings. The third-order valence-corrected chi connectivity index (χ3v) is 4.31. The zero-order valence-corrected chi connectivity index (χ0v) is 15.4. The van der Waals surface area contributed by atoms with E-state index in [1.54, 1.807) is 14.2 Å². The van der Waals surface area contributed by atoms with E-state index in [1.165, 1.54) is 0 Å². The molecule has 0 amide bonds. The molecule has 0 saturated heterocycles. The minimum absolute atomic E-state index is 0.699. The van der Waals surface area contributed by atoms with E-state index in [4.69, 9.17) is 14.0 Å². The van der Waals surface area contributed by atoms with Gasteiger partial charge in [0.2, 0.25) is 0 Å². The third-order valence-electron chi connectivity index (χ3n) is 4.31. The van der Waals surface area contributed by atoms with Gasteiger partial charge in [-0.05, 0) is 24.2 Å². The lowest BCUT2D eigenvalue weighted by atomic mass is 10.1. The molecule has 26 heavy (non-hydrogen) atoms. The van der Waals surface area contributed by atoms with Crippen LogP contribution >= 0.6 is 0 Å². The molecule has 136 valence electrons. The van der Waals surface area contributed by atoms with Crippen molar-refractivity contribution in [2.45, 2.75) is 20.0 Å². The average molecular weight is 352 g/mol. The van der Waals surface area contributed by atoms with Crippen molar-refractivity contribution < 1.29 is 14.0 Å². The summed E-state index contributed by atoms with van der Waals surface area (Å²) in [6.45, 7) is 4.52. The summed E-state index contributed by atoms with van der Waals surface area (Å²) in [5.74, 6) is 2.33. The Morgan fingerprint density at radius 1 is 0.923 bits per heavy atom. The van der Waals surface area contributed by atoms with Crippen LogP contribution < -0.4 is 9.47 Å². The second-order valence-corrected chi connectivity index (χ2v) is 6.04. The first-order chi connectivity index (χ1) is 12.7. The van der Waals surface area contributed by atoms with Gasteiger partial charge in [0.25, 0.3) is 0 Å². The monoisotopic (exact) mass is 352 g/mol. The summed E-state index contributed by atoms with van der Waals surface area (Å²) in [7, 11) is 3.29. The maximum absolute atomic E-state index is 5.53. The molecular weight excluding hydrogens is 328 g/mol. The highest BCUT2D eigenvalue weighted by molar-refractivity contribution is 5.58. The molecule has 0 radical (unpaired) electrons. The predicted octanol–water partition coefficient (Wildman–Crippen LogP) is 4.38. The average Bonchev–Trinajstić information content (AvgIpc) is 3.16. The molecule has 0 spiro atoms. The molecule has 0 atom stereocenters. The molecule has 0 aliphatic heterocycles. The van der Waals surface area contributed by atoms with Crippen molar-refractivity contribution in [3.05, 3.63) is 65.9 Å². The van der Waals surface area contributed by atoms with Crippen LogP contribution in [0.5, 0.6) is 11.5 Å². The fourth-order valence-electron chi connectivity index (χ4n) is 2.87. The van der Waals surface area contributed by atoms with Gasteiger partial charge >= 0.3 is 0 Å². The van der Waals surface area contributed by atoms with Gasteiger partial charge in [-0.2, -0.15) is 0 Å². The molecule has 5 nitrogen and oxygen atoms in total. The maximum Gasteiger partial charge on any atom is 0.161 e. The molecule has 1 aromatic heterocycles. The van der Waals surface area contributed by atoms with E-state index in [0.717, 1.165) is 47.2 Å². The number of rotatable bonds is 8. The van der Waals surface area contributed by atoms with E-state index in [2.05, 4.69) is 23.0 Å². The van der Waals surface area contributed by atoms with Crippen LogP contribution in [0, 0.1) is 0 Å². The molecule has 1 heterocycles. The van der Waals surface area contributed by atoms with Crippen molar-refractivity contribution in [3.8, 4) is 22.8 Å². The van der Waals surface area contributed by atoms with Gasteiger partial charge in [0.05, 0.1) is 20.8 Å². The molecule has 2 aromatic carbocycles. The second-order valence-electron chi connectivity index (χ2n) is 6.04. The van der Waals surface area contributed by atoms with Gasteiger partial charge < -0.3 is 14.0 Å². The van der Waals surface area contributed by atoms with Crippen LogP contribution in [-0.4, -0.2) is 30.8 Å². The van der Waals surface area contributed by atoms with Crippen molar-refractivity contribution in [2.24, 2.45) is 0 Å². The van der Waals surface area contributed by atoms with Crippen molar-refractivity contribution in [1.29, 1.82) is 0 Å². The van der Waals surface area contributed by atoms with Crippen molar-refractivity contribution in [2.75, 3.05) is 20.8 Å². The molecule has 0 aliphatic carbocycles. The number of methoxy groups -OCH3 is 2. The van der Waals surface area contributed by atoms with Crippen LogP contribution in [0.4, 0.5) is 0 Å². The summed E-state index contributed by atoms with van der Waals surface area (Å²) in [5.41, 5.74) is 3.08. The number of benzene rings is 2. The topological polar surface area (TPSA) is 47.7 Å². The molecule has 0 saturated carbocycles. The van der Waals surface area contributed by atoms with Gasteiger partial charge in [-0.3, -0.25) is 4.90 Å². The number of hydrogen-bond acceptors (Lipinski definition) is 5. The molecule has 5 heteroatoms. The summed E-state index contributed by atoms with van der Waals surface area (Å²) < 4.78 is 16.2. The SMILES string of the molecule is CCN(Cc1ccc(OC)c(OC)c1)Cc1cc(-c2ccccc2)no1. The first-order valence-electron chi connectivity index (χ1n) is 8.67. The highest BCUT2D eigenvalue weighted by Crippen LogP contribution is 2.28. The van der Waals surface area contributed by atoms with Crippen LogP contribution in [0.2, 0.25) is 0 Å². The lowest BCUT2D eigenvalue weighted by Gasteiger charge is -2.19. The van der Waals surface area contributed by atoms with Crippen LogP contribution in [0.1, 0.15) is 18.2 Å². The lowest BCUT2D eigenvalue weighted by Crippen LogP contribution is -2.22. The highest BCUT2D eigenvalue weighted by Gasteiger charge is 2.12. The molecule has 0 N–H and O–H groups in total. The van der Waals surface area contributed by atoms with Gasteiger partial charge in [0.15, 0.2) is 17.3 Å². The van der Waals surface area contributed by atoms with E-state index >= 15 is 0 Å². The summed E-state index contributed by atoms with van der Waals surface area (Å²) in [5, 5.41) is 4.19. The number of ether oxygens (including phenoxy) is 2. The molecular formula is C21H24N2O3. The van der Waals surface area contributed by atoms with E-state index in [9.17, 15) is 0 Å². The van der Waals surface area contributed by atoms with Gasteiger partial charge in [-0.15, -0.1) is 0 Å². The van der Waals surface area contributed by atoms with Gasteiger partial charge in [0.1, 0.15) is 5.69 Å². The number of nitrogens with zero attached hydrogens (tertiary/aromatic N) is 2.